The predicted octanol–water partition coefficient (Wildman–Crippen LogP) is 2.29. The molecule has 0 radical (unpaired) electrons. The summed E-state index contributed by atoms with van der Waals surface area (Å²) in [7, 11) is 0. The smallest absolute Gasteiger partial charge is 0.0312 e. The first-order valence-electron chi connectivity index (χ1n) is 6.90. The summed E-state index contributed by atoms with van der Waals surface area (Å²) in [5.74, 6) is 0. The van der Waals surface area contributed by atoms with Crippen molar-refractivity contribution in [2.75, 3.05) is 19.6 Å². The fourth-order valence-corrected chi connectivity index (χ4v) is 2.47. The SMILES string of the molecule is CC(C)(C)C1CN(Cc2cccnc2)CCCN1. The fraction of sp³-hybridized carbons (Fsp3) is 0.667. The van der Waals surface area contributed by atoms with Crippen molar-refractivity contribution in [1.82, 2.24) is 15.2 Å². The van der Waals surface area contributed by atoms with Crippen molar-refractivity contribution >= 4 is 0 Å². The molecule has 1 fully saturated rings. The molecular weight excluding hydrogens is 222 g/mol. The normalized spacial score (nSPS) is 22.7. The summed E-state index contributed by atoms with van der Waals surface area (Å²) < 4.78 is 0. The van der Waals surface area contributed by atoms with Crippen LogP contribution in [0.4, 0.5) is 0 Å². The van der Waals surface area contributed by atoms with Crippen LogP contribution in [0.5, 0.6) is 0 Å². The summed E-state index contributed by atoms with van der Waals surface area (Å²) in [6.07, 6.45) is 5.04. The standard InChI is InChI=1S/C15H25N3/c1-15(2,3)14-12-18(9-5-8-17-14)11-13-6-4-7-16-10-13/h4,6-7,10,14,17H,5,8-9,11-12H2,1-3H3. The maximum Gasteiger partial charge on any atom is 0.0312 e. The highest BCUT2D eigenvalue weighted by atomic mass is 15.2. The largest absolute Gasteiger partial charge is 0.312 e. The zero-order valence-corrected chi connectivity index (χ0v) is 11.8. The van der Waals surface area contributed by atoms with Crippen LogP contribution >= 0.6 is 0 Å². The summed E-state index contributed by atoms with van der Waals surface area (Å²) in [6, 6.07) is 4.75. The van der Waals surface area contributed by atoms with Crippen molar-refractivity contribution in [3.05, 3.63) is 30.1 Å². The van der Waals surface area contributed by atoms with E-state index in [0.29, 0.717) is 11.5 Å². The van der Waals surface area contributed by atoms with E-state index in [2.05, 4.69) is 42.0 Å². The Balaban J connectivity index is 1.99. The van der Waals surface area contributed by atoms with Crippen LogP contribution in [0.15, 0.2) is 24.5 Å². The van der Waals surface area contributed by atoms with E-state index in [1.807, 2.05) is 18.5 Å². The van der Waals surface area contributed by atoms with Gasteiger partial charge in [0.25, 0.3) is 0 Å². The fourth-order valence-electron chi connectivity index (χ4n) is 2.47. The first-order valence-corrected chi connectivity index (χ1v) is 6.90. The zero-order valence-electron chi connectivity index (χ0n) is 11.8. The highest BCUT2D eigenvalue weighted by molar-refractivity contribution is 5.08. The lowest BCUT2D eigenvalue weighted by Crippen LogP contribution is -2.46. The molecule has 1 aliphatic rings. The van der Waals surface area contributed by atoms with Crippen LogP contribution in [0.2, 0.25) is 0 Å². The molecule has 3 nitrogen and oxygen atoms in total. The van der Waals surface area contributed by atoms with Crippen molar-refractivity contribution in [1.29, 1.82) is 0 Å². The van der Waals surface area contributed by atoms with Gasteiger partial charge < -0.3 is 5.32 Å². The van der Waals surface area contributed by atoms with Crippen molar-refractivity contribution in [2.24, 2.45) is 5.41 Å². The third-order valence-electron chi connectivity index (χ3n) is 3.66. The molecule has 1 saturated heterocycles. The number of nitrogens with one attached hydrogen (secondary N) is 1. The van der Waals surface area contributed by atoms with Gasteiger partial charge in [0.15, 0.2) is 0 Å². The molecule has 100 valence electrons. The Bertz CT molecular complexity index is 356. The van der Waals surface area contributed by atoms with Crippen molar-refractivity contribution in [2.45, 2.75) is 39.8 Å². The lowest BCUT2D eigenvalue weighted by atomic mass is 9.86. The average Bonchev–Trinajstić information content (AvgIpc) is 2.55. The van der Waals surface area contributed by atoms with Gasteiger partial charge in [-0.2, -0.15) is 0 Å². The lowest BCUT2D eigenvalue weighted by molar-refractivity contribution is 0.192. The number of aromatic nitrogens is 1. The molecule has 0 spiro atoms. The third kappa shape index (κ3) is 3.79. The Morgan fingerprint density at radius 1 is 1.44 bits per heavy atom. The van der Waals surface area contributed by atoms with Crippen LogP contribution in [-0.2, 0) is 6.54 Å². The Kier molecular flexibility index (Phi) is 4.36. The highest BCUT2D eigenvalue weighted by Crippen LogP contribution is 2.22. The molecule has 0 aromatic carbocycles. The summed E-state index contributed by atoms with van der Waals surface area (Å²) in [4.78, 5) is 6.75. The number of hydrogen-bond acceptors (Lipinski definition) is 3. The maximum absolute atomic E-state index is 4.20. The number of nitrogens with zero attached hydrogens (tertiary/aromatic N) is 2. The quantitative estimate of drug-likeness (QED) is 0.869. The summed E-state index contributed by atoms with van der Waals surface area (Å²) in [5.41, 5.74) is 1.63. The molecule has 1 aromatic rings. The van der Waals surface area contributed by atoms with Gasteiger partial charge in [-0.25, -0.2) is 0 Å². The predicted molar refractivity (Wildman–Crippen MR) is 75.4 cm³/mol. The van der Waals surface area contributed by atoms with Crippen LogP contribution in [0.25, 0.3) is 0 Å². The molecular formula is C15H25N3. The highest BCUT2D eigenvalue weighted by Gasteiger charge is 2.27. The maximum atomic E-state index is 4.20. The van der Waals surface area contributed by atoms with Gasteiger partial charge in [0.2, 0.25) is 0 Å². The molecule has 0 amide bonds. The van der Waals surface area contributed by atoms with E-state index >= 15 is 0 Å². The Labute approximate surface area is 111 Å². The van der Waals surface area contributed by atoms with Crippen LogP contribution in [0.1, 0.15) is 32.8 Å². The Hall–Kier alpha value is -0.930. The minimum atomic E-state index is 0.317. The monoisotopic (exact) mass is 247 g/mol. The zero-order chi connectivity index (χ0) is 13.0. The van der Waals surface area contributed by atoms with E-state index in [9.17, 15) is 0 Å². The number of hydrogen-bond donors (Lipinski definition) is 1. The molecule has 1 aromatic heterocycles. The molecule has 2 heterocycles. The van der Waals surface area contributed by atoms with E-state index < -0.39 is 0 Å². The van der Waals surface area contributed by atoms with Gasteiger partial charge in [-0.05, 0) is 36.6 Å². The van der Waals surface area contributed by atoms with Crippen LogP contribution < -0.4 is 5.32 Å². The second-order valence-corrected chi connectivity index (χ2v) is 6.32. The van der Waals surface area contributed by atoms with Gasteiger partial charge in [-0.15, -0.1) is 0 Å². The average molecular weight is 247 g/mol. The van der Waals surface area contributed by atoms with Gasteiger partial charge in [0.1, 0.15) is 0 Å². The van der Waals surface area contributed by atoms with Gasteiger partial charge in [-0.3, -0.25) is 9.88 Å². The first kappa shape index (κ1) is 13.5. The molecule has 1 N–H and O–H groups in total. The van der Waals surface area contributed by atoms with Gasteiger partial charge >= 0.3 is 0 Å². The van der Waals surface area contributed by atoms with Crippen molar-refractivity contribution in [3.8, 4) is 0 Å². The lowest BCUT2D eigenvalue weighted by Gasteiger charge is -2.33. The number of rotatable bonds is 2. The first-order chi connectivity index (χ1) is 8.55. The van der Waals surface area contributed by atoms with E-state index in [-0.39, 0.29) is 0 Å². The topological polar surface area (TPSA) is 28.2 Å². The second-order valence-electron chi connectivity index (χ2n) is 6.32. The molecule has 0 aliphatic carbocycles. The summed E-state index contributed by atoms with van der Waals surface area (Å²) >= 11 is 0. The van der Waals surface area contributed by atoms with E-state index in [1.165, 1.54) is 18.5 Å². The number of pyridine rings is 1. The summed E-state index contributed by atoms with van der Waals surface area (Å²) in [6.45, 7) is 11.4. The van der Waals surface area contributed by atoms with E-state index in [4.69, 9.17) is 0 Å². The van der Waals surface area contributed by atoms with Crippen LogP contribution in [0, 0.1) is 5.41 Å². The minimum Gasteiger partial charge on any atom is -0.312 e. The molecule has 0 bridgehead atoms. The Morgan fingerprint density at radius 3 is 2.94 bits per heavy atom. The van der Waals surface area contributed by atoms with Crippen LogP contribution in [-0.4, -0.2) is 35.6 Å². The molecule has 3 heteroatoms. The van der Waals surface area contributed by atoms with Crippen molar-refractivity contribution < 1.29 is 0 Å². The molecule has 0 saturated carbocycles. The molecule has 1 aliphatic heterocycles. The minimum absolute atomic E-state index is 0.317. The second kappa shape index (κ2) is 5.81. The molecule has 2 rings (SSSR count). The van der Waals surface area contributed by atoms with Gasteiger partial charge in [0, 0.05) is 31.5 Å². The van der Waals surface area contributed by atoms with Crippen molar-refractivity contribution in [3.63, 3.8) is 0 Å². The van der Waals surface area contributed by atoms with E-state index in [0.717, 1.165) is 19.6 Å². The summed E-state index contributed by atoms with van der Waals surface area (Å²) in [5, 5.41) is 3.68. The third-order valence-corrected chi connectivity index (χ3v) is 3.66. The van der Waals surface area contributed by atoms with E-state index in [1.54, 1.807) is 0 Å². The molecule has 1 unspecified atom stereocenters. The van der Waals surface area contributed by atoms with Gasteiger partial charge in [-0.1, -0.05) is 26.8 Å². The van der Waals surface area contributed by atoms with Gasteiger partial charge in [0.05, 0.1) is 0 Å². The Morgan fingerprint density at radius 2 is 2.28 bits per heavy atom. The van der Waals surface area contributed by atoms with Crippen LogP contribution in [0.3, 0.4) is 0 Å². The molecule has 1 atom stereocenters. The molecule has 18 heavy (non-hydrogen) atoms.